The molecular weight excluding hydrogens is 275 g/mol. The third kappa shape index (κ3) is 4.53. The Kier molecular flexibility index (Phi) is 4.57. The summed E-state index contributed by atoms with van der Waals surface area (Å²) in [5, 5.41) is 14.9. The first-order valence-corrected chi connectivity index (χ1v) is 6.91. The standard InChI is InChI=1S/C15H19FN2O3/c1-15(21,11-4-5-11)9-18-14(20)13(19)17-8-10-2-6-12(16)7-3-10/h2-3,6-7,11,21H,4-5,8-9H2,1H3,(H,17,19)(H,18,20)/t15-/m1/s1. The molecular formula is C15H19FN2O3. The maximum absolute atomic E-state index is 12.7. The molecule has 0 aromatic heterocycles. The Bertz CT molecular complexity index is 524. The van der Waals surface area contributed by atoms with Crippen LogP contribution in [0.25, 0.3) is 0 Å². The highest BCUT2D eigenvalue weighted by Crippen LogP contribution is 2.38. The molecule has 1 aromatic carbocycles. The highest BCUT2D eigenvalue weighted by molar-refractivity contribution is 6.35. The zero-order chi connectivity index (χ0) is 15.5. The molecule has 0 spiro atoms. The lowest BCUT2D eigenvalue weighted by Gasteiger charge is -2.22. The first kappa shape index (κ1) is 15.4. The summed E-state index contributed by atoms with van der Waals surface area (Å²) < 4.78 is 12.7. The van der Waals surface area contributed by atoms with Crippen molar-refractivity contribution in [3.8, 4) is 0 Å². The number of carbonyl (C=O) groups excluding carboxylic acids is 2. The number of hydrogen-bond acceptors (Lipinski definition) is 3. The van der Waals surface area contributed by atoms with E-state index in [0.29, 0.717) is 5.56 Å². The van der Waals surface area contributed by atoms with Gasteiger partial charge in [0, 0.05) is 13.1 Å². The maximum atomic E-state index is 12.7. The molecule has 0 aliphatic heterocycles. The van der Waals surface area contributed by atoms with E-state index in [9.17, 15) is 19.1 Å². The van der Waals surface area contributed by atoms with Crippen molar-refractivity contribution in [2.75, 3.05) is 6.54 Å². The molecule has 114 valence electrons. The van der Waals surface area contributed by atoms with Crippen LogP contribution >= 0.6 is 0 Å². The van der Waals surface area contributed by atoms with Gasteiger partial charge in [-0.05, 0) is 43.4 Å². The van der Waals surface area contributed by atoms with E-state index >= 15 is 0 Å². The minimum Gasteiger partial charge on any atom is -0.388 e. The van der Waals surface area contributed by atoms with Crippen molar-refractivity contribution in [1.82, 2.24) is 10.6 Å². The highest BCUT2D eigenvalue weighted by atomic mass is 19.1. The summed E-state index contributed by atoms with van der Waals surface area (Å²) in [6.45, 7) is 1.85. The van der Waals surface area contributed by atoms with Crippen LogP contribution in [0.5, 0.6) is 0 Å². The van der Waals surface area contributed by atoms with Gasteiger partial charge in [0.05, 0.1) is 5.60 Å². The van der Waals surface area contributed by atoms with Gasteiger partial charge in [0.1, 0.15) is 5.82 Å². The van der Waals surface area contributed by atoms with Crippen molar-refractivity contribution in [2.24, 2.45) is 5.92 Å². The van der Waals surface area contributed by atoms with E-state index < -0.39 is 17.4 Å². The van der Waals surface area contributed by atoms with Gasteiger partial charge in [0.2, 0.25) is 0 Å². The summed E-state index contributed by atoms with van der Waals surface area (Å²) in [6.07, 6.45) is 1.89. The maximum Gasteiger partial charge on any atom is 0.309 e. The molecule has 1 saturated carbocycles. The molecule has 0 radical (unpaired) electrons. The van der Waals surface area contributed by atoms with Crippen molar-refractivity contribution in [2.45, 2.75) is 31.9 Å². The lowest BCUT2D eigenvalue weighted by molar-refractivity contribution is -0.140. The second-order valence-corrected chi connectivity index (χ2v) is 5.62. The zero-order valence-corrected chi connectivity index (χ0v) is 11.9. The van der Waals surface area contributed by atoms with Crippen molar-refractivity contribution < 1.29 is 19.1 Å². The van der Waals surface area contributed by atoms with Gasteiger partial charge >= 0.3 is 11.8 Å². The Morgan fingerprint density at radius 2 is 1.81 bits per heavy atom. The van der Waals surface area contributed by atoms with E-state index in [-0.39, 0.29) is 24.8 Å². The quantitative estimate of drug-likeness (QED) is 0.700. The number of amides is 2. The normalized spacial score (nSPS) is 16.9. The van der Waals surface area contributed by atoms with E-state index in [1.54, 1.807) is 6.92 Å². The van der Waals surface area contributed by atoms with Crippen LogP contribution in [0, 0.1) is 11.7 Å². The number of carbonyl (C=O) groups is 2. The number of benzene rings is 1. The van der Waals surface area contributed by atoms with Gasteiger partial charge in [0.25, 0.3) is 0 Å². The van der Waals surface area contributed by atoms with Crippen LogP contribution in [-0.2, 0) is 16.1 Å². The summed E-state index contributed by atoms with van der Waals surface area (Å²) >= 11 is 0. The molecule has 1 aliphatic rings. The summed E-state index contributed by atoms with van der Waals surface area (Å²) in [4.78, 5) is 23.2. The molecule has 0 saturated heterocycles. The van der Waals surface area contributed by atoms with E-state index in [2.05, 4.69) is 10.6 Å². The van der Waals surface area contributed by atoms with Crippen molar-refractivity contribution in [3.63, 3.8) is 0 Å². The molecule has 0 bridgehead atoms. The molecule has 0 heterocycles. The van der Waals surface area contributed by atoms with Crippen LogP contribution in [0.4, 0.5) is 4.39 Å². The average molecular weight is 294 g/mol. The zero-order valence-electron chi connectivity index (χ0n) is 11.9. The molecule has 1 aliphatic carbocycles. The first-order valence-electron chi connectivity index (χ1n) is 6.91. The topological polar surface area (TPSA) is 78.4 Å². The van der Waals surface area contributed by atoms with Crippen molar-refractivity contribution >= 4 is 11.8 Å². The van der Waals surface area contributed by atoms with Gasteiger partial charge in [-0.15, -0.1) is 0 Å². The minimum atomic E-state index is -0.965. The first-order chi connectivity index (χ1) is 9.88. The highest BCUT2D eigenvalue weighted by Gasteiger charge is 2.40. The molecule has 2 amide bonds. The lowest BCUT2D eigenvalue weighted by Crippen LogP contribution is -2.47. The summed E-state index contributed by atoms with van der Waals surface area (Å²) in [7, 11) is 0. The Labute approximate surface area is 122 Å². The van der Waals surface area contributed by atoms with E-state index in [4.69, 9.17) is 0 Å². The number of hydrogen-bond donors (Lipinski definition) is 3. The van der Waals surface area contributed by atoms with Gasteiger partial charge in [0.15, 0.2) is 0 Å². The number of halogens is 1. The van der Waals surface area contributed by atoms with Crippen LogP contribution in [-0.4, -0.2) is 29.1 Å². The van der Waals surface area contributed by atoms with E-state index in [1.165, 1.54) is 24.3 Å². The smallest absolute Gasteiger partial charge is 0.309 e. The Morgan fingerprint density at radius 1 is 1.24 bits per heavy atom. The molecule has 1 aromatic rings. The molecule has 6 heteroatoms. The second-order valence-electron chi connectivity index (χ2n) is 5.62. The van der Waals surface area contributed by atoms with Gasteiger partial charge in [-0.3, -0.25) is 9.59 Å². The van der Waals surface area contributed by atoms with E-state index in [1.807, 2.05) is 0 Å². The fourth-order valence-electron chi connectivity index (χ4n) is 2.05. The Balaban J connectivity index is 1.74. The van der Waals surface area contributed by atoms with Crippen LogP contribution < -0.4 is 10.6 Å². The number of rotatable bonds is 5. The molecule has 2 rings (SSSR count). The van der Waals surface area contributed by atoms with Gasteiger partial charge in [-0.2, -0.15) is 0 Å². The largest absolute Gasteiger partial charge is 0.388 e. The van der Waals surface area contributed by atoms with Crippen LogP contribution in [0.15, 0.2) is 24.3 Å². The average Bonchev–Trinajstić information content (AvgIpc) is 3.29. The van der Waals surface area contributed by atoms with E-state index in [0.717, 1.165) is 12.8 Å². The Hall–Kier alpha value is -1.95. The molecule has 0 unspecified atom stereocenters. The van der Waals surface area contributed by atoms with Crippen LogP contribution in [0.1, 0.15) is 25.3 Å². The summed E-state index contributed by atoms with van der Waals surface area (Å²) in [5.74, 6) is -1.71. The van der Waals surface area contributed by atoms with Gasteiger partial charge < -0.3 is 15.7 Å². The predicted molar refractivity (Wildman–Crippen MR) is 74.6 cm³/mol. The second kappa shape index (κ2) is 6.22. The fraction of sp³-hybridized carbons (Fsp3) is 0.467. The SMILES string of the molecule is C[C@@](O)(CNC(=O)C(=O)NCc1ccc(F)cc1)C1CC1. The molecule has 1 fully saturated rings. The third-order valence-electron chi connectivity index (χ3n) is 3.64. The minimum absolute atomic E-state index is 0.0560. The third-order valence-corrected chi connectivity index (χ3v) is 3.64. The summed E-state index contributed by atoms with van der Waals surface area (Å²) in [6, 6.07) is 5.64. The van der Waals surface area contributed by atoms with Crippen LogP contribution in [0.2, 0.25) is 0 Å². The summed E-state index contributed by atoms with van der Waals surface area (Å²) in [5.41, 5.74) is -0.269. The number of aliphatic hydroxyl groups is 1. The van der Waals surface area contributed by atoms with Crippen molar-refractivity contribution in [3.05, 3.63) is 35.6 Å². The Morgan fingerprint density at radius 3 is 2.38 bits per heavy atom. The van der Waals surface area contributed by atoms with Crippen molar-refractivity contribution in [1.29, 1.82) is 0 Å². The number of nitrogens with one attached hydrogen (secondary N) is 2. The van der Waals surface area contributed by atoms with Gasteiger partial charge in [-0.25, -0.2) is 4.39 Å². The molecule has 3 N–H and O–H groups in total. The van der Waals surface area contributed by atoms with Crippen LogP contribution in [0.3, 0.4) is 0 Å². The predicted octanol–water partition coefficient (Wildman–Crippen LogP) is 0.719. The molecule has 21 heavy (non-hydrogen) atoms. The fourth-order valence-corrected chi connectivity index (χ4v) is 2.05. The molecule has 1 atom stereocenters. The molecule has 5 nitrogen and oxygen atoms in total. The monoisotopic (exact) mass is 294 g/mol. The van der Waals surface area contributed by atoms with Gasteiger partial charge in [-0.1, -0.05) is 12.1 Å². The lowest BCUT2D eigenvalue weighted by atomic mass is 10.0.